The molecule has 0 aliphatic heterocycles. The van der Waals surface area contributed by atoms with E-state index in [1.54, 1.807) is 0 Å². The summed E-state index contributed by atoms with van der Waals surface area (Å²) in [4.78, 5) is 0. The fourth-order valence-corrected chi connectivity index (χ4v) is 5.01. The fraction of sp³-hybridized carbons (Fsp3) is 0.875. The maximum Gasteiger partial charge on any atom is 0.469 e. The Bertz CT molecular complexity index is 773. The van der Waals surface area contributed by atoms with E-state index in [4.69, 9.17) is 0 Å². The van der Waals surface area contributed by atoms with Crippen molar-refractivity contribution in [3.8, 4) is 0 Å². The molecule has 0 aromatic heterocycles. The molecule has 0 N–H and O–H groups in total. The van der Waals surface area contributed by atoms with Crippen molar-refractivity contribution in [3.63, 3.8) is 0 Å². The third-order valence-corrected chi connectivity index (χ3v) is 7.92. The van der Waals surface area contributed by atoms with Crippen LogP contribution in [0, 0.1) is 4.58 Å². The zero-order valence-corrected chi connectivity index (χ0v) is 14.8. The Kier molecular flexibility index (Phi) is 6.81. The van der Waals surface area contributed by atoms with Crippen LogP contribution in [0.15, 0.2) is 0 Å². The van der Waals surface area contributed by atoms with E-state index in [0.29, 0.717) is 0 Å². The molecule has 1 atom stereocenters. The average Bonchev–Trinajstić information content (AvgIpc) is 2.30. The van der Waals surface area contributed by atoms with Crippen molar-refractivity contribution in [1.82, 2.24) is 0 Å². The minimum absolute atomic E-state index is 0.251. The number of alkyl halides is 8. The summed E-state index contributed by atoms with van der Waals surface area (Å²) in [5.74, 6) is 0. The van der Waals surface area contributed by atoms with Crippen molar-refractivity contribution in [2.24, 2.45) is 0 Å². The summed E-state index contributed by atoms with van der Waals surface area (Å²) in [5, 5.41) is -4.66. The van der Waals surface area contributed by atoms with E-state index in [0.717, 1.165) is 0 Å². The van der Waals surface area contributed by atoms with Crippen LogP contribution in [0.3, 0.4) is 0 Å². The van der Waals surface area contributed by atoms with E-state index in [-0.39, 0.29) is 13.8 Å². The third kappa shape index (κ3) is 5.16. The largest absolute Gasteiger partial charge is 0.469 e. The molecule has 26 heavy (non-hydrogen) atoms. The number of halogens is 8. The zero-order valence-electron chi connectivity index (χ0n) is 12.4. The minimum Gasteiger partial charge on any atom is -0.265 e. The molecule has 0 aliphatic carbocycles. The minimum atomic E-state index is -7.12. The number of hydrogen-bond acceptors (Lipinski definition) is 7. The third-order valence-electron chi connectivity index (χ3n) is 2.39. The van der Waals surface area contributed by atoms with E-state index in [1.807, 2.05) is 0 Å². The van der Waals surface area contributed by atoms with Gasteiger partial charge in [-0.2, -0.15) is 43.5 Å². The highest BCUT2D eigenvalue weighted by molar-refractivity contribution is 8.13. The topological polar surface area (TPSA) is 112 Å². The Morgan fingerprint density at radius 2 is 1.12 bits per heavy atom. The number of hydrogen-bond donors (Lipinski definition) is 0. The van der Waals surface area contributed by atoms with Gasteiger partial charge in [0.25, 0.3) is 0 Å². The van der Waals surface area contributed by atoms with Gasteiger partial charge in [-0.05, 0) is 6.92 Å². The molecule has 0 amide bonds. The van der Waals surface area contributed by atoms with Gasteiger partial charge >= 0.3 is 26.4 Å². The van der Waals surface area contributed by atoms with Crippen molar-refractivity contribution < 1.29 is 64.6 Å². The summed E-state index contributed by atoms with van der Waals surface area (Å²) in [6.45, 7) is 0.0275. The Balaban J connectivity index is 6.13. The van der Waals surface area contributed by atoms with Crippen molar-refractivity contribution in [2.45, 2.75) is 42.6 Å². The molecule has 18 heteroatoms. The number of rotatable bonds is 7. The van der Waals surface area contributed by atoms with Gasteiger partial charge in [0.1, 0.15) is 19.7 Å². The summed E-state index contributed by atoms with van der Waals surface area (Å²) in [6.07, 6.45) is -4.95. The van der Waals surface area contributed by atoms with Crippen LogP contribution in [0.2, 0.25) is 0 Å². The Morgan fingerprint density at radius 3 is 1.35 bits per heavy atom. The van der Waals surface area contributed by atoms with Crippen molar-refractivity contribution in [1.29, 1.82) is 0 Å². The van der Waals surface area contributed by atoms with Crippen LogP contribution in [-0.2, 0) is 34.0 Å². The maximum absolute atomic E-state index is 12.7. The molecule has 0 rings (SSSR count). The number of sulfone groups is 2. The van der Waals surface area contributed by atoms with E-state index < -0.39 is 63.2 Å². The molecular weight excluding hydrogens is 456 g/mol. The maximum atomic E-state index is 12.7. The quantitative estimate of drug-likeness (QED) is 0.322. The average molecular weight is 465 g/mol. The first-order chi connectivity index (χ1) is 11.0. The van der Waals surface area contributed by atoms with Crippen LogP contribution >= 0.6 is 0 Å². The highest BCUT2D eigenvalue weighted by atomic mass is 32.3. The molecule has 0 fully saturated rings. The second kappa shape index (κ2) is 7.01. The van der Waals surface area contributed by atoms with Gasteiger partial charge in [0, 0.05) is 13.0 Å². The van der Waals surface area contributed by atoms with Crippen LogP contribution < -0.4 is 0 Å². The molecule has 0 saturated carbocycles. The van der Waals surface area contributed by atoms with Gasteiger partial charge in [0.2, 0.25) is 0 Å². The predicted octanol–water partition coefficient (Wildman–Crippen LogP) is 2.08. The molecule has 158 valence electrons. The molecule has 0 bridgehead atoms. The predicted molar refractivity (Wildman–Crippen MR) is 67.9 cm³/mol. The van der Waals surface area contributed by atoms with Crippen LogP contribution in [-0.4, -0.2) is 47.6 Å². The lowest BCUT2D eigenvalue weighted by Gasteiger charge is -2.33. The van der Waals surface area contributed by atoms with Gasteiger partial charge < -0.3 is 0 Å². The van der Waals surface area contributed by atoms with Crippen molar-refractivity contribution in [2.75, 3.05) is 0 Å². The van der Waals surface area contributed by atoms with Gasteiger partial charge in [-0.25, -0.2) is 0 Å². The first kappa shape index (κ1) is 25.2. The molecule has 0 heterocycles. The van der Waals surface area contributed by atoms with Crippen LogP contribution in [0.1, 0.15) is 20.3 Å². The summed E-state index contributed by atoms with van der Waals surface area (Å²) in [6, 6.07) is 0. The lowest BCUT2D eigenvalue weighted by atomic mass is 10.3. The highest BCUT2D eigenvalue weighted by Gasteiger charge is 2.54. The molecule has 0 aromatic carbocycles. The molecule has 0 aliphatic rings. The Labute approximate surface area is 142 Å². The molecule has 0 spiro atoms. The van der Waals surface area contributed by atoms with E-state index in [9.17, 15) is 60.4 Å². The first-order valence-corrected chi connectivity index (χ1v) is 10.1. The smallest absolute Gasteiger partial charge is 0.265 e. The molecule has 1 unspecified atom stereocenters. The van der Waals surface area contributed by atoms with E-state index in [1.165, 1.54) is 0 Å². The second-order valence-electron chi connectivity index (χ2n) is 4.64. The SMILES string of the molecule is CC(C[C-](S(=O)(=O)C(F)(F)F)S(=O)(=O)C(F)(F)F)OS(=O)(=O)C(C)(F)F. The summed E-state index contributed by atoms with van der Waals surface area (Å²) < 4.78 is 167. The van der Waals surface area contributed by atoms with Gasteiger partial charge in [-0.1, -0.05) is 4.58 Å². The molecule has 0 saturated heterocycles. The van der Waals surface area contributed by atoms with Crippen LogP contribution in [0.5, 0.6) is 0 Å². The van der Waals surface area contributed by atoms with Crippen molar-refractivity contribution >= 4 is 29.8 Å². The first-order valence-electron chi connectivity index (χ1n) is 5.77. The zero-order chi connectivity index (χ0) is 21.6. The van der Waals surface area contributed by atoms with Crippen LogP contribution in [0.4, 0.5) is 35.1 Å². The lowest BCUT2D eigenvalue weighted by molar-refractivity contribution is -0.0458. The molecular formula is C8H9F8O7S3-. The Hall–Kier alpha value is -0.750. The van der Waals surface area contributed by atoms with Gasteiger partial charge in [0.15, 0.2) is 0 Å². The van der Waals surface area contributed by atoms with Gasteiger partial charge in [-0.15, -0.1) is 6.42 Å². The monoisotopic (exact) mass is 465 g/mol. The fourth-order valence-electron chi connectivity index (χ4n) is 1.19. The Morgan fingerprint density at radius 1 is 0.808 bits per heavy atom. The van der Waals surface area contributed by atoms with E-state index in [2.05, 4.69) is 4.18 Å². The standard InChI is InChI=1S/C8H9F8O7S3/c1-4(23-26(21,22)6(2,9)10)3-5(24(17,18)7(11,12)13)25(19,20)8(14,15)16/h4H,3H2,1-2H3/q-1. The molecule has 0 aromatic rings. The van der Waals surface area contributed by atoms with Gasteiger partial charge in [0.05, 0.1) is 0 Å². The van der Waals surface area contributed by atoms with Crippen molar-refractivity contribution in [3.05, 3.63) is 4.58 Å². The van der Waals surface area contributed by atoms with E-state index >= 15 is 0 Å². The molecule has 0 radical (unpaired) electrons. The second-order valence-corrected chi connectivity index (χ2v) is 10.6. The molecule has 7 nitrogen and oxygen atoms in total. The summed E-state index contributed by atoms with van der Waals surface area (Å²) >= 11 is 0. The summed E-state index contributed by atoms with van der Waals surface area (Å²) in [5.41, 5.74) is -13.0. The normalized spacial score (nSPS) is 16.7. The summed E-state index contributed by atoms with van der Waals surface area (Å²) in [7, 11) is -20.1. The van der Waals surface area contributed by atoms with Crippen LogP contribution in [0.25, 0.3) is 0 Å². The lowest BCUT2D eigenvalue weighted by Crippen LogP contribution is -2.41. The van der Waals surface area contributed by atoms with Gasteiger partial charge in [-0.3, -0.25) is 21.0 Å². The highest BCUT2D eigenvalue weighted by Crippen LogP contribution is 2.43.